The number of aliphatic hydroxyl groups excluding tert-OH is 1. The van der Waals surface area contributed by atoms with Gasteiger partial charge in [-0.3, -0.25) is 5.73 Å². The molecule has 5 N–H and O–H groups in total. The second kappa shape index (κ2) is 4.24. The maximum atomic E-state index is 9.93. The predicted molar refractivity (Wildman–Crippen MR) is 36.1 cm³/mol. The Morgan fingerprint density at radius 3 is 2.09 bits per heavy atom. The Bertz CT molecular complexity index is 159. The van der Waals surface area contributed by atoms with Crippen molar-refractivity contribution in [1.82, 2.24) is 0 Å². The third kappa shape index (κ3) is 2.81. The summed E-state index contributed by atoms with van der Waals surface area (Å²) in [7, 11) is 0. The van der Waals surface area contributed by atoms with Gasteiger partial charge in [-0.1, -0.05) is 0 Å². The zero-order valence-electron chi connectivity index (χ0n) is 5.30. The molecule has 0 bridgehead atoms. The van der Waals surface area contributed by atoms with E-state index in [-0.39, 0.29) is 18.7 Å². The highest BCUT2D eigenvalue weighted by molar-refractivity contribution is 5.85. The van der Waals surface area contributed by atoms with E-state index in [4.69, 9.17) is 15.3 Å². The zero-order chi connectivity index (χ0) is 8.36. The van der Waals surface area contributed by atoms with Gasteiger partial charge in [0, 0.05) is 0 Å². The summed E-state index contributed by atoms with van der Waals surface area (Å²) in [4.78, 5) is 19.6. The summed E-state index contributed by atoms with van der Waals surface area (Å²) in [6.45, 7) is 0. The number of halogens is 1. The maximum absolute atomic E-state index is 9.93. The van der Waals surface area contributed by atoms with Crippen LogP contribution in [0.3, 0.4) is 0 Å². The lowest BCUT2D eigenvalue weighted by Gasteiger charge is -2.18. The van der Waals surface area contributed by atoms with Crippen LogP contribution in [0, 0.1) is 0 Å². The van der Waals surface area contributed by atoms with E-state index >= 15 is 0 Å². The predicted octanol–water partition coefficient (Wildman–Crippen LogP) is -2.30. The summed E-state index contributed by atoms with van der Waals surface area (Å²) < 4.78 is 0. The minimum Gasteiger partial charge on any atom is -0.478 e. The van der Waals surface area contributed by atoms with Crippen LogP contribution in [0.2, 0.25) is 0 Å². The summed E-state index contributed by atoms with van der Waals surface area (Å²) in [6.07, 6.45) is -2.27. The largest absolute Gasteiger partial charge is 0.478 e. The summed E-state index contributed by atoms with van der Waals surface area (Å²) in [5.74, 6) is -1.85. The van der Waals surface area contributed by atoms with Crippen molar-refractivity contribution in [2.45, 2.75) is 11.8 Å². The number of carbonyl (C=O) groups excluding carboxylic acids is 1. The van der Waals surface area contributed by atoms with E-state index in [1.54, 1.807) is 0 Å². The Morgan fingerprint density at radius 2 is 2.00 bits per heavy atom. The number of rotatable bonds is 3. The SMILES string of the molecule is Cl.NC(O)(C(=O)O)C(O)C=O. The highest BCUT2D eigenvalue weighted by atomic mass is 35.5. The fourth-order valence-electron chi connectivity index (χ4n) is 0.230. The Kier molecular flexibility index (Phi) is 4.99. The standard InChI is InChI=1S/C4H7NO5.ClH/c5-4(10,3(8)9)2(7)1-6;/h1-2,7,10H,5H2,(H,8,9);1H. The van der Waals surface area contributed by atoms with Gasteiger partial charge >= 0.3 is 5.97 Å². The van der Waals surface area contributed by atoms with Crippen molar-refractivity contribution in [3.63, 3.8) is 0 Å². The third-order valence-electron chi connectivity index (χ3n) is 0.922. The second-order valence-electron chi connectivity index (χ2n) is 1.71. The lowest BCUT2D eigenvalue weighted by molar-refractivity contribution is -0.171. The first-order valence-electron chi connectivity index (χ1n) is 2.31. The maximum Gasteiger partial charge on any atom is 0.354 e. The second-order valence-corrected chi connectivity index (χ2v) is 1.71. The van der Waals surface area contributed by atoms with Crippen LogP contribution in [0.25, 0.3) is 0 Å². The molecule has 0 aliphatic rings. The first-order chi connectivity index (χ1) is 4.42. The molecule has 0 aliphatic heterocycles. The number of carboxylic acid groups (broad SMARTS) is 1. The molecule has 0 aromatic heterocycles. The zero-order valence-corrected chi connectivity index (χ0v) is 6.11. The molecule has 0 saturated carbocycles. The molecule has 66 valence electrons. The quantitative estimate of drug-likeness (QED) is 0.290. The number of carbonyl (C=O) groups is 2. The van der Waals surface area contributed by atoms with Crippen LogP contribution in [0.5, 0.6) is 0 Å². The lowest BCUT2D eigenvalue weighted by atomic mass is 10.1. The number of nitrogens with two attached hydrogens (primary N) is 1. The van der Waals surface area contributed by atoms with E-state index in [1.807, 2.05) is 0 Å². The van der Waals surface area contributed by atoms with Gasteiger partial charge in [-0.2, -0.15) is 0 Å². The van der Waals surface area contributed by atoms with E-state index in [2.05, 4.69) is 5.73 Å². The molecule has 0 amide bonds. The monoisotopic (exact) mass is 185 g/mol. The van der Waals surface area contributed by atoms with Gasteiger partial charge < -0.3 is 20.1 Å². The molecule has 11 heavy (non-hydrogen) atoms. The summed E-state index contributed by atoms with van der Waals surface area (Å²) >= 11 is 0. The van der Waals surface area contributed by atoms with Gasteiger partial charge in [-0.15, -0.1) is 12.4 Å². The first kappa shape index (κ1) is 12.9. The molecule has 0 saturated heterocycles. The average Bonchev–Trinajstić information content (AvgIpc) is 1.86. The Hall–Kier alpha value is -0.690. The number of hydrogen-bond acceptors (Lipinski definition) is 5. The fraction of sp³-hybridized carbons (Fsp3) is 0.500. The van der Waals surface area contributed by atoms with Crippen LogP contribution >= 0.6 is 12.4 Å². The molecule has 6 nitrogen and oxygen atoms in total. The number of hydrogen-bond donors (Lipinski definition) is 4. The van der Waals surface area contributed by atoms with Crippen LogP contribution in [0.4, 0.5) is 0 Å². The number of aliphatic carboxylic acids is 1. The van der Waals surface area contributed by atoms with Crippen molar-refractivity contribution < 1.29 is 24.9 Å². The normalized spacial score (nSPS) is 17.4. The molecule has 0 aliphatic carbocycles. The first-order valence-corrected chi connectivity index (χ1v) is 2.31. The highest BCUT2D eigenvalue weighted by Crippen LogP contribution is 1.99. The van der Waals surface area contributed by atoms with Crippen LogP contribution in [0.1, 0.15) is 0 Å². The van der Waals surface area contributed by atoms with Crippen molar-refractivity contribution in [2.75, 3.05) is 0 Å². The minimum atomic E-state index is -2.89. The van der Waals surface area contributed by atoms with Gasteiger partial charge in [0.1, 0.15) is 0 Å². The van der Waals surface area contributed by atoms with Gasteiger partial charge in [0.15, 0.2) is 12.4 Å². The van der Waals surface area contributed by atoms with Crippen molar-refractivity contribution >= 4 is 24.7 Å². The summed E-state index contributed by atoms with van der Waals surface area (Å²) in [5.41, 5.74) is 1.70. The highest BCUT2D eigenvalue weighted by Gasteiger charge is 2.39. The van der Waals surface area contributed by atoms with Crippen molar-refractivity contribution in [3.8, 4) is 0 Å². The molecule has 7 heteroatoms. The topological polar surface area (TPSA) is 121 Å². The number of aliphatic hydroxyl groups is 2. The fourth-order valence-corrected chi connectivity index (χ4v) is 0.230. The average molecular weight is 186 g/mol. The van der Waals surface area contributed by atoms with Crippen LogP contribution in [-0.2, 0) is 9.59 Å². The molecule has 0 aromatic rings. The van der Waals surface area contributed by atoms with Gasteiger partial charge in [0.2, 0.25) is 5.72 Å². The van der Waals surface area contributed by atoms with Gasteiger partial charge in [-0.05, 0) is 0 Å². The van der Waals surface area contributed by atoms with E-state index < -0.39 is 17.8 Å². The molecular weight excluding hydrogens is 177 g/mol. The van der Waals surface area contributed by atoms with E-state index in [1.165, 1.54) is 0 Å². The van der Waals surface area contributed by atoms with E-state index in [0.717, 1.165) is 0 Å². The Morgan fingerprint density at radius 1 is 1.64 bits per heavy atom. The van der Waals surface area contributed by atoms with Crippen molar-refractivity contribution in [1.29, 1.82) is 0 Å². The number of carboxylic acids is 1. The van der Waals surface area contributed by atoms with Crippen molar-refractivity contribution in [2.24, 2.45) is 5.73 Å². The summed E-state index contributed by atoms with van der Waals surface area (Å²) in [5, 5.41) is 25.0. The molecule has 0 radical (unpaired) electrons. The minimum absolute atomic E-state index is 0. The van der Waals surface area contributed by atoms with Crippen LogP contribution < -0.4 is 5.73 Å². The van der Waals surface area contributed by atoms with Crippen LogP contribution in [0.15, 0.2) is 0 Å². The molecule has 0 rings (SSSR count). The number of aldehydes is 1. The summed E-state index contributed by atoms with van der Waals surface area (Å²) in [6, 6.07) is 0. The van der Waals surface area contributed by atoms with Gasteiger partial charge in [0.25, 0.3) is 0 Å². The third-order valence-corrected chi connectivity index (χ3v) is 0.922. The molecule has 0 heterocycles. The molecule has 2 unspecified atom stereocenters. The molecular formula is C4H8ClNO5. The van der Waals surface area contributed by atoms with E-state index in [0.29, 0.717) is 0 Å². The van der Waals surface area contributed by atoms with E-state index in [9.17, 15) is 9.59 Å². The molecule has 2 atom stereocenters. The molecule has 0 fully saturated rings. The Labute approximate surface area is 68.0 Å². The van der Waals surface area contributed by atoms with Crippen molar-refractivity contribution in [3.05, 3.63) is 0 Å². The lowest BCUT2D eigenvalue weighted by Crippen LogP contribution is -2.57. The van der Waals surface area contributed by atoms with Crippen LogP contribution in [-0.4, -0.2) is 39.4 Å². The Balaban J connectivity index is 0. The van der Waals surface area contributed by atoms with Gasteiger partial charge in [-0.25, -0.2) is 4.79 Å². The molecule has 0 spiro atoms. The van der Waals surface area contributed by atoms with Gasteiger partial charge in [0.05, 0.1) is 0 Å². The molecule has 0 aromatic carbocycles. The smallest absolute Gasteiger partial charge is 0.354 e.